The first kappa shape index (κ1) is 14.6. The number of aromatic nitrogens is 1. The van der Waals surface area contributed by atoms with Gasteiger partial charge in [0.2, 0.25) is 0 Å². The molecule has 1 saturated heterocycles. The molecule has 1 atom stereocenters. The number of carboxylic acid groups (broad SMARTS) is 1. The van der Waals surface area contributed by atoms with Crippen LogP contribution in [0.1, 0.15) is 43.5 Å². The van der Waals surface area contributed by atoms with Crippen molar-refractivity contribution in [2.24, 2.45) is 11.8 Å². The number of rotatable bonds is 3. The lowest BCUT2D eigenvalue weighted by molar-refractivity contribution is 0.0697. The van der Waals surface area contributed by atoms with E-state index in [1.54, 1.807) is 0 Å². The molecule has 1 aliphatic heterocycles. The third-order valence-corrected chi connectivity index (χ3v) is 4.13. The number of pyridine rings is 1. The van der Waals surface area contributed by atoms with Gasteiger partial charge in [0.25, 0.3) is 0 Å². The molecule has 0 radical (unpaired) electrons. The van der Waals surface area contributed by atoms with Crippen LogP contribution in [0.15, 0.2) is 12.3 Å². The van der Waals surface area contributed by atoms with E-state index in [9.17, 15) is 9.90 Å². The largest absolute Gasteiger partial charge is 0.478 e. The Kier molecular flexibility index (Phi) is 4.47. The Morgan fingerprint density at radius 2 is 2.20 bits per heavy atom. The molecule has 0 aliphatic carbocycles. The molecule has 1 aromatic rings. The highest BCUT2D eigenvalue weighted by molar-refractivity contribution is 5.94. The van der Waals surface area contributed by atoms with Gasteiger partial charge in [-0.05, 0) is 37.2 Å². The maximum Gasteiger partial charge on any atom is 0.339 e. The summed E-state index contributed by atoms with van der Waals surface area (Å²) in [5.74, 6) is 0.968. The van der Waals surface area contributed by atoms with Gasteiger partial charge < -0.3 is 15.7 Å². The molecule has 1 aliphatic rings. The van der Waals surface area contributed by atoms with Crippen LogP contribution in [-0.4, -0.2) is 29.1 Å². The van der Waals surface area contributed by atoms with Crippen LogP contribution in [0.2, 0.25) is 0 Å². The van der Waals surface area contributed by atoms with E-state index < -0.39 is 5.97 Å². The second-order valence-electron chi connectivity index (χ2n) is 5.87. The molecule has 0 aromatic carbocycles. The quantitative estimate of drug-likeness (QED) is 0.887. The smallest absolute Gasteiger partial charge is 0.339 e. The van der Waals surface area contributed by atoms with E-state index in [4.69, 9.17) is 5.73 Å². The van der Waals surface area contributed by atoms with Crippen molar-refractivity contribution >= 4 is 17.5 Å². The first-order valence-electron chi connectivity index (χ1n) is 7.22. The maximum atomic E-state index is 11.4. The summed E-state index contributed by atoms with van der Waals surface area (Å²) >= 11 is 0. The average Bonchev–Trinajstić information content (AvgIpc) is 2.64. The Morgan fingerprint density at radius 3 is 2.85 bits per heavy atom. The van der Waals surface area contributed by atoms with Crippen molar-refractivity contribution in [3.8, 4) is 0 Å². The highest BCUT2D eigenvalue weighted by Crippen LogP contribution is 2.28. The minimum absolute atomic E-state index is 0.202. The van der Waals surface area contributed by atoms with E-state index in [1.165, 1.54) is 18.7 Å². The number of aromatic carboxylic acids is 1. The van der Waals surface area contributed by atoms with Crippen LogP contribution in [-0.2, 0) is 0 Å². The van der Waals surface area contributed by atoms with Gasteiger partial charge in [-0.1, -0.05) is 13.8 Å². The lowest BCUT2D eigenvalue weighted by Crippen LogP contribution is -2.27. The summed E-state index contributed by atoms with van der Waals surface area (Å²) in [5, 5.41) is 9.31. The van der Waals surface area contributed by atoms with Crippen molar-refractivity contribution in [1.82, 2.24) is 4.98 Å². The predicted octanol–water partition coefficient (Wildman–Crippen LogP) is 2.62. The van der Waals surface area contributed by atoms with Gasteiger partial charge in [0.1, 0.15) is 11.4 Å². The minimum Gasteiger partial charge on any atom is -0.478 e. The van der Waals surface area contributed by atoms with Crippen molar-refractivity contribution in [2.75, 3.05) is 23.7 Å². The summed E-state index contributed by atoms with van der Waals surface area (Å²) in [7, 11) is 0. The molecule has 2 rings (SSSR count). The second kappa shape index (κ2) is 6.11. The van der Waals surface area contributed by atoms with Crippen molar-refractivity contribution in [1.29, 1.82) is 0 Å². The molecular formula is C15H23N3O2. The molecule has 0 saturated carbocycles. The van der Waals surface area contributed by atoms with Crippen molar-refractivity contribution < 1.29 is 9.90 Å². The van der Waals surface area contributed by atoms with Gasteiger partial charge in [0.05, 0.1) is 11.9 Å². The summed E-state index contributed by atoms with van der Waals surface area (Å²) in [6.07, 6.45) is 4.90. The Balaban J connectivity index is 2.21. The van der Waals surface area contributed by atoms with Crippen LogP contribution in [0.5, 0.6) is 0 Å². The van der Waals surface area contributed by atoms with Gasteiger partial charge in [-0.3, -0.25) is 0 Å². The fourth-order valence-corrected chi connectivity index (χ4v) is 2.88. The van der Waals surface area contributed by atoms with Crippen molar-refractivity contribution in [2.45, 2.75) is 33.1 Å². The molecule has 1 fully saturated rings. The molecule has 1 unspecified atom stereocenters. The standard InChI is InChI=1S/C15H23N3O2/c1-10(2)11-4-3-6-18(7-5-11)14-13(15(19)20)8-12(16)9-17-14/h8-11H,3-7,16H2,1-2H3,(H,19,20). The number of carbonyl (C=O) groups is 1. The molecule has 1 aromatic heterocycles. The van der Waals surface area contributed by atoms with Crippen LogP contribution in [0.3, 0.4) is 0 Å². The molecule has 20 heavy (non-hydrogen) atoms. The van der Waals surface area contributed by atoms with E-state index in [-0.39, 0.29) is 5.56 Å². The summed E-state index contributed by atoms with van der Waals surface area (Å²) in [6, 6.07) is 1.50. The van der Waals surface area contributed by atoms with E-state index in [0.717, 1.165) is 25.9 Å². The zero-order valence-electron chi connectivity index (χ0n) is 12.2. The lowest BCUT2D eigenvalue weighted by Gasteiger charge is -2.24. The Bertz CT molecular complexity index is 488. The first-order valence-corrected chi connectivity index (χ1v) is 7.22. The van der Waals surface area contributed by atoms with Crippen molar-refractivity contribution in [3.63, 3.8) is 0 Å². The molecule has 110 valence electrons. The molecule has 0 amide bonds. The summed E-state index contributed by atoms with van der Waals surface area (Å²) in [4.78, 5) is 17.7. The molecule has 0 spiro atoms. The number of carboxylic acids is 1. The Labute approximate surface area is 119 Å². The van der Waals surface area contributed by atoms with Gasteiger partial charge >= 0.3 is 5.97 Å². The Hall–Kier alpha value is -1.78. The molecule has 0 bridgehead atoms. The molecule has 3 N–H and O–H groups in total. The highest BCUT2D eigenvalue weighted by Gasteiger charge is 2.23. The SMILES string of the molecule is CC(C)C1CCCN(c2ncc(N)cc2C(=O)O)CC1. The zero-order chi connectivity index (χ0) is 14.7. The van der Waals surface area contributed by atoms with Gasteiger partial charge in [-0.25, -0.2) is 9.78 Å². The van der Waals surface area contributed by atoms with Crippen LogP contribution in [0, 0.1) is 11.8 Å². The summed E-state index contributed by atoms with van der Waals surface area (Å²) < 4.78 is 0. The number of hydrogen-bond acceptors (Lipinski definition) is 4. The monoisotopic (exact) mass is 277 g/mol. The van der Waals surface area contributed by atoms with Crippen molar-refractivity contribution in [3.05, 3.63) is 17.8 Å². The summed E-state index contributed by atoms with van der Waals surface area (Å²) in [6.45, 7) is 6.23. The number of anilines is 2. The zero-order valence-corrected chi connectivity index (χ0v) is 12.2. The van der Waals surface area contributed by atoms with Gasteiger partial charge in [-0.15, -0.1) is 0 Å². The number of hydrogen-bond donors (Lipinski definition) is 2. The maximum absolute atomic E-state index is 11.4. The topological polar surface area (TPSA) is 79.5 Å². The van der Waals surface area contributed by atoms with Gasteiger partial charge in [0.15, 0.2) is 0 Å². The van der Waals surface area contributed by atoms with Crippen LogP contribution >= 0.6 is 0 Å². The van der Waals surface area contributed by atoms with Crippen LogP contribution in [0.25, 0.3) is 0 Å². The van der Waals surface area contributed by atoms with E-state index in [1.807, 2.05) is 0 Å². The van der Waals surface area contributed by atoms with E-state index >= 15 is 0 Å². The third-order valence-electron chi connectivity index (χ3n) is 4.13. The minimum atomic E-state index is -0.968. The third kappa shape index (κ3) is 3.21. The number of nitrogens with zero attached hydrogens (tertiary/aromatic N) is 2. The molecular weight excluding hydrogens is 254 g/mol. The fourth-order valence-electron chi connectivity index (χ4n) is 2.88. The summed E-state index contributed by atoms with van der Waals surface area (Å²) in [5.41, 5.74) is 6.23. The van der Waals surface area contributed by atoms with Crippen LogP contribution in [0.4, 0.5) is 11.5 Å². The number of nitrogens with two attached hydrogens (primary N) is 1. The predicted molar refractivity (Wildman–Crippen MR) is 80.0 cm³/mol. The normalized spacial score (nSPS) is 19.9. The first-order chi connectivity index (χ1) is 9.49. The second-order valence-corrected chi connectivity index (χ2v) is 5.87. The van der Waals surface area contributed by atoms with Gasteiger partial charge in [-0.2, -0.15) is 0 Å². The molecule has 5 nitrogen and oxygen atoms in total. The van der Waals surface area contributed by atoms with E-state index in [0.29, 0.717) is 23.3 Å². The van der Waals surface area contributed by atoms with E-state index in [2.05, 4.69) is 23.7 Å². The molecule has 2 heterocycles. The Morgan fingerprint density at radius 1 is 1.45 bits per heavy atom. The number of nitrogen functional groups attached to an aromatic ring is 1. The van der Waals surface area contributed by atoms with Gasteiger partial charge in [0, 0.05) is 13.1 Å². The average molecular weight is 277 g/mol. The lowest BCUT2D eigenvalue weighted by atomic mass is 9.89. The fraction of sp³-hybridized carbons (Fsp3) is 0.600. The van der Waals surface area contributed by atoms with Crippen LogP contribution < -0.4 is 10.6 Å². The highest BCUT2D eigenvalue weighted by atomic mass is 16.4. The molecule has 5 heteroatoms.